The third-order valence-electron chi connectivity index (χ3n) is 11.0. The van der Waals surface area contributed by atoms with Gasteiger partial charge < -0.3 is 9.88 Å². The summed E-state index contributed by atoms with van der Waals surface area (Å²) in [6, 6.07) is 69.4. The van der Waals surface area contributed by atoms with E-state index in [9.17, 15) is 0 Å². The minimum absolute atomic E-state index is 0.276. The van der Waals surface area contributed by atoms with Gasteiger partial charge in [0.1, 0.15) is 12.0 Å². The SMILES string of the molecule is c1ccc(C2=NC(c3ccc(-n4c5cc6ccccc6cc5c5c(-c6ccc7ccccc7c6)cccc54)c4ccccc34)=NC(c3ccccc3)N2)cc1. The molecule has 1 N–H and O–H groups in total. The van der Waals surface area contributed by atoms with Gasteiger partial charge in [-0.1, -0.05) is 158 Å². The number of benzene rings is 9. The predicted octanol–water partition coefficient (Wildman–Crippen LogP) is 12.4. The van der Waals surface area contributed by atoms with Crippen molar-refractivity contribution >= 4 is 65.8 Å². The fourth-order valence-corrected chi connectivity index (χ4v) is 8.40. The van der Waals surface area contributed by atoms with Gasteiger partial charge in [-0.05, 0) is 80.0 Å². The number of fused-ring (bicyclic) bond motifs is 6. The molecule has 1 atom stereocenters. The van der Waals surface area contributed by atoms with Crippen LogP contribution in [0.3, 0.4) is 0 Å². The monoisotopic (exact) mass is 702 g/mol. The number of amidine groups is 2. The Balaban J connectivity index is 1.16. The lowest BCUT2D eigenvalue weighted by Gasteiger charge is -2.24. The van der Waals surface area contributed by atoms with Gasteiger partial charge in [0.2, 0.25) is 0 Å². The molecule has 1 aliphatic heterocycles. The molecule has 258 valence electrons. The summed E-state index contributed by atoms with van der Waals surface area (Å²) in [7, 11) is 0. The molecule has 0 spiro atoms. The van der Waals surface area contributed by atoms with E-state index in [0.717, 1.165) is 39.0 Å². The standard InChI is InChI=1S/C51H34N4/c1-3-15-34(16-4-1)49-52-50(35-17-5-2-6-18-35)54-51(53-49)43-28-29-45(42-23-12-11-22-41(42)43)55-46-25-13-24-40(39-27-26-33-14-7-8-19-36(33)30-39)48(46)44-31-37-20-9-10-21-38(37)32-47(44)55/h1-32,49H,(H,52,53,54). The fraction of sp³-hybridized carbons (Fsp3) is 0.0196. The van der Waals surface area contributed by atoms with Gasteiger partial charge in [0.25, 0.3) is 0 Å². The molecule has 4 heteroatoms. The molecule has 0 amide bonds. The molecule has 0 saturated heterocycles. The molecule has 0 fully saturated rings. The van der Waals surface area contributed by atoms with Gasteiger partial charge in [0.05, 0.1) is 16.7 Å². The van der Waals surface area contributed by atoms with Crippen LogP contribution < -0.4 is 5.32 Å². The van der Waals surface area contributed by atoms with Crippen LogP contribution in [0.15, 0.2) is 204 Å². The summed E-state index contributed by atoms with van der Waals surface area (Å²) in [6.07, 6.45) is -0.276. The van der Waals surface area contributed by atoms with Crippen LogP contribution in [0.5, 0.6) is 0 Å². The molecule has 9 aromatic carbocycles. The second kappa shape index (κ2) is 12.7. The molecule has 55 heavy (non-hydrogen) atoms. The Kier molecular flexibility index (Phi) is 7.20. The van der Waals surface area contributed by atoms with E-state index >= 15 is 0 Å². The molecule has 10 aromatic rings. The third kappa shape index (κ3) is 5.22. The highest BCUT2D eigenvalue weighted by atomic mass is 15.2. The number of nitrogens with one attached hydrogen (secondary N) is 1. The average molecular weight is 703 g/mol. The third-order valence-corrected chi connectivity index (χ3v) is 11.0. The van der Waals surface area contributed by atoms with Crippen LogP contribution in [0.2, 0.25) is 0 Å². The van der Waals surface area contributed by atoms with Crippen LogP contribution in [0.1, 0.15) is 22.9 Å². The summed E-state index contributed by atoms with van der Waals surface area (Å²) in [5.74, 6) is 1.52. The molecule has 0 bridgehead atoms. The van der Waals surface area contributed by atoms with Crippen molar-refractivity contribution in [3.8, 4) is 16.8 Å². The van der Waals surface area contributed by atoms with Crippen molar-refractivity contribution in [2.45, 2.75) is 6.17 Å². The van der Waals surface area contributed by atoms with Crippen molar-refractivity contribution in [1.82, 2.24) is 9.88 Å². The Hall–Kier alpha value is -7.30. The zero-order valence-corrected chi connectivity index (χ0v) is 29.9. The van der Waals surface area contributed by atoms with Gasteiger partial charge in [0, 0.05) is 27.3 Å². The molecule has 2 heterocycles. The second-order valence-corrected chi connectivity index (χ2v) is 14.2. The fourth-order valence-electron chi connectivity index (χ4n) is 8.40. The van der Waals surface area contributed by atoms with Gasteiger partial charge in [0.15, 0.2) is 5.84 Å². The lowest BCUT2D eigenvalue weighted by molar-refractivity contribution is 0.674. The van der Waals surface area contributed by atoms with Gasteiger partial charge in [-0.25, -0.2) is 9.98 Å². The van der Waals surface area contributed by atoms with Crippen molar-refractivity contribution in [1.29, 1.82) is 0 Å². The zero-order chi connectivity index (χ0) is 36.3. The Bertz CT molecular complexity index is 3170. The molecule has 1 aromatic heterocycles. The first-order valence-corrected chi connectivity index (χ1v) is 18.8. The minimum Gasteiger partial charge on any atom is -0.344 e. The molecule has 11 rings (SSSR count). The lowest BCUT2D eigenvalue weighted by atomic mass is 9.96. The van der Waals surface area contributed by atoms with E-state index < -0.39 is 0 Å². The van der Waals surface area contributed by atoms with Crippen LogP contribution in [-0.2, 0) is 0 Å². The van der Waals surface area contributed by atoms with Crippen LogP contribution in [0.4, 0.5) is 0 Å². The molecule has 4 nitrogen and oxygen atoms in total. The smallest absolute Gasteiger partial charge is 0.160 e. The highest BCUT2D eigenvalue weighted by Gasteiger charge is 2.24. The largest absolute Gasteiger partial charge is 0.344 e. The maximum Gasteiger partial charge on any atom is 0.160 e. The Morgan fingerprint density at radius 3 is 1.91 bits per heavy atom. The molecule has 0 radical (unpaired) electrons. The van der Waals surface area contributed by atoms with Crippen LogP contribution in [0.25, 0.3) is 70.9 Å². The van der Waals surface area contributed by atoms with E-state index in [2.05, 4.69) is 180 Å². The molecular formula is C51H34N4. The van der Waals surface area contributed by atoms with Gasteiger partial charge in [-0.2, -0.15) is 0 Å². The van der Waals surface area contributed by atoms with E-state index in [1.54, 1.807) is 0 Å². The molecule has 0 aliphatic carbocycles. The lowest BCUT2D eigenvalue weighted by Crippen LogP contribution is -2.33. The molecule has 0 saturated carbocycles. The Morgan fingerprint density at radius 2 is 1.11 bits per heavy atom. The normalized spacial score (nSPS) is 14.4. The van der Waals surface area contributed by atoms with Gasteiger partial charge >= 0.3 is 0 Å². The highest BCUT2D eigenvalue weighted by Crippen LogP contribution is 2.42. The molecular weight excluding hydrogens is 669 g/mol. The summed E-state index contributed by atoms with van der Waals surface area (Å²) >= 11 is 0. The minimum atomic E-state index is -0.276. The first kappa shape index (κ1) is 31.2. The average Bonchev–Trinajstić information content (AvgIpc) is 3.58. The van der Waals surface area contributed by atoms with E-state index in [0.29, 0.717) is 5.84 Å². The van der Waals surface area contributed by atoms with E-state index in [4.69, 9.17) is 9.98 Å². The summed E-state index contributed by atoms with van der Waals surface area (Å²) in [6.45, 7) is 0. The quantitative estimate of drug-likeness (QED) is 0.191. The number of nitrogens with zero attached hydrogens (tertiary/aromatic N) is 3. The van der Waals surface area contributed by atoms with Crippen LogP contribution >= 0.6 is 0 Å². The van der Waals surface area contributed by atoms with Crippen molar-refractivity contribution in [2.24, 2.45) is 9.98 Å². The highest BCUT2D eigenvalue weighted by molar-refractivity contribution is 6.21. The number of hydrogen-bond acceptors (Lipinski definition) is 3. The van der Waals surface area contributed by atoms with Crippen LogP contribution in [0, 0.1) is 0 Å². The zero-order valence-electron chi connectivity index (χ0n) is 29.9. The first-order valence-electron chi connectivity index (χ1n) is 18.8. The number of aromatic nitrogens is 1. The van der Waals surface area contributed by atoms with E-state index in [1.165, 1.54) is 54.5 Å². The summed E-state index contributed by atoms with van der Waals surface area (Å²) < 4.78 is 2.46. The summed E-state index contributed by atoms with van der Waals surface area (Å²) in [5, 5.41) is 13.2. The maximum atomic E-state index is 5.25. The predicted molar refractivity (Wildman–Crippen MR) is 231 cm³/mol. The molecule has 1 unspecified atom stereocenters. The second-order valence-electron chi connectivity index (χ2n) is 14.2. The van der Waals surface area contributed by atoms with E-state index in [1.807, 2.05) is 24.3 Å². The van der Waals surface area contributed by atoms with E-state index in [-0.39, 0.29) is 6.17 Å². The molecule has 1 aliphatic rings. The number of hydrogen-bond donors (Lipinski definition) is 1. The summed E-state index contributed by atoms with van der Waals surface area (Å²) in [4.78, 5) is 10.4. The van der Waals surface area contributed by atoms with Crippen molar-refractivity contribution in [3.05, 3.63) is 211 Å². The van der Waals surface area contributed by atoms with Crippen molar-refractivity contribution in [2.75, 3.05) is 0 Å². The Labute approximate surface area is 318 Å². The summed E-state index contributed by atoms with van der Waals surface area (Å²) in [5.41, 5.74) is 9.00. The first-order chi connectivity index (χ1) is 27.3. The number of aliphatic imine (C=N–C) groups is 2. The van der Waals surface area contributed by atoms with Gasteiger partial charge in [-0.15, -0.1) is 0 Å². The Morgan fingerprint density at radius 1 is 0.436 bits per heavy atom. The topological polar surface area (TPSA) is 41.7 Å². The van der Waals surface area contributed by atoms with Crippen LogP contribution in [-0.4, -0.2) is 16.2 Å². The van der Waals surface area contributed by atoms with Gasteiger partial charge in [-0.3, -0.25) is 0 Å². The maximum absolute atomic E-state index is 5.25. The van der Waals surface area contributed by atoms with Crippen molar-refractivity contribution in [3.63, 3.8) is 0 Å². The number of rotatable bonds is 5. The van der Waals surface area contributed by atoms with Crippen molar-refractivity contribution < 1.29 is 0 Å².